The second-order valence-corrected chi connectivity index (χ2v) is 6.80. The summed E-state index contributed by atoms with van der Waals surface area (Å²) < 4.78 is 26.2. The molecule has 0 saturated carbocycles. The van der Waals surface area contributed by atoms with Gasteiger partial charge in [-0.3, -0.25) is 4.79 Å². The van der Waals surface area contributed by atoms with Gasteiger partial charge in [-0.25, -0.2) is 4.72 Å². The van der Waals surface area contributed by atoms with Gasteiger partial charge in [0, 0.05) is 27.2 Å². The molecular weight excluding hydrogens is 302 g/mol. The Morgan fingerprint density at radius 3 is 2.50 bits per heavy atom. The standard InChI is InChI=1S/C12H18ClN3O3S/c1-9-4-5-10(11(13)8-9)12(17)14-6-7-15-20(18,19)16(2)3/h4-5,8,15H,6-7H2,1-3H3,(H,14,17). The summed E-state index contributed by atoms with van der Waals surface area (Å²) in [6.07, 6.45) is 0. The smallest absolute Gasteiger partial charge is 0.278 e. The summed E-state index contributed by atoms with van der Waals surface area (Å²) >= 11 is 5.97. The summed E-state index contributed by atoms with van der Waals surface area (Å²) in [4.78, 5) is 11.9. The van der Waals surface area contributed by atoms with Crippen LogP contribution in [0.3, 0.4) is 0 Å². The van der Waals surface area contributed by atoms with Crippen molar-refractivity contribution in [3.8, 4) is 0 Å². The molecular formula is C12H18ClN3O3S. The van der Waals surface area contributed by atoms with E-state index in [1.807, 2.05) is 6.92 Å². The predicted molar refractivity (Wildman–Crippen MR) is 79.1 cm³/mol. The number of rotatable bonds is 6. The molecule has 6 nitrogen and oxygen atoms in total. The zero-order chi connectivity index (χ0) is 15.3. The SMILES string of the molecule is Cc1ccc(C(=O)NCCNS(=O)(=O)N(C)C)c(Cl)c1. The highest BCUT2D eigenvalue weighted by Crippen LogP contribution is 2.17. The molecule has 0 aliphatic carbocycles. The molecule has 0 aliphatic heterocycles. The minimum Gasteiger partial charge on any atom is -0.351 e. The van der Waals surface area contributed by atoms with Gasteiger partial charge in [0.1, 0.15) is 0 Å². The van der Waals surface area contributed by atoms with Crippen LogP contribution >= 0.6 is 11.6 Å². The number of nitrogens with zero attached hydrogens (tertiary/aromatic N) is 1. The van der Waals surface area contributed by atoms with Gasteiger partial charge in [-0.05, 0) is 24.6 Å². The van der Waals surface area contributed by atoms with E-state index >= 15 is 0 Å². The Kier molecular flexibility index (Phi) is 5.94. The molecule has 0 aromatic heterocycles. The summed E-state index contributed by atoms with van der Waals surface area (Å²) in [6, 6.07) is 5.12. The molecule has 8 heteroatoms. The van der Waals surface area contributed by atoms with Crippen LogP contribution < -0.4 is 10.0 Å². The van der Waals surface area contributed by atoms with Crippen molar-refractivity contribution in [2.75, 3.05) is 27.2 Å². The zero-order valence-electron chi connectivity index (χ0n) is 11.6. The van der Waals surface area contributed by atoms with E-state index in [4.69, 9.17) is 11.6 Å². The Bertz CT molecular complexity index is 588. The van der Waals surface area contributed by atoms with E-state index in [1.165, 1.54) is 14.1 Å². The van der Waals surface area contributed by atoms with Crippen LogP contribution in [0.5, 0.6) is 0 Å². The number of hydrogen-bond donors (Lipinski definition) is 2. The lowest BCUT2D eigenvalue weighted by atomic mass is 10.1. The number of benzene rings is 1. The molecule has 0 unspecified atom stereocenters. The van der Waals surface area contributed by atoms with Crippen molar-refractivity contribution < 1.29 is 13.2 Å². The van der Waals surface area contributed by atoms with E-state index in [-0.39, 0.29) is 19.0 Å². The number of nitrogens with one attached hydrogen (secondary N) is 2. The number of halogens is 1. The largest absolute Gasteiger partial charge is 0.351 e. The summed E-state index contributed by atoms with van der Waals surface area (Å²) in [5, 5.41) is 2.97. The van der Waals surface area contributed by atoms with Gasteiger partial charge in [-0.15, -0.1) is 0 Å². The lowest BCUT2D eigenvalue weighted by Gasteiger charge is -2.12. The van der Waals surface area contributed by atoms with Gasteiger partial charge in [-0.2, -0.15) is 12.7 Å². The van der Waals surface area contributed by atoms with Crippen molar-refractivity contribution in [2.45, 2.75) is 6.92 Å². The normalized spacial score (nSPS) is 11.7. The minimum atomic E-state index is -3.47. The molecule has 1 aromatic carbocycles. The van der Waals surface area contributed by atoms with Crippen LogP contribution in [-0.4, -0.2) is 45.8 Å². The maximum Gasteiger partial charge on any atom is 0.278 e. The highest BCUT2D eigenvalue weighted by molar-refractivity contribution is 7.87. The second kappa shape index (κ2) is 7.03. The van der Waals surface area contributed by atoms with Gasteiger partial charge in [0.05, 0.1) is 10.6 Å². The van der Waals surface area contributed by atoms with Gasteiger partial charge in [-0.1, -0.05) is 17.7 Å². The van der Waals surface area contributed by atoms with Crippen molar-refractivity contribution in [1.29, 1.82) is 0 Å². The van der Waals surface area contributed by atoms with Crippen molar-refractivity contribution in [2.24, 2.45) is 0 Å². The number of hydrogen-bond acceptors (Lipinski definition) is 3. The van der Waals surface area contributed by atoms with Crippen LogP contribution in [0.15, 0.2) is 18.2 Å². The number of amides is 1. The second-order valence-electron chi connectivity index (χ2n) is 4.42. The fourth-order valence-corrected chi connectivity index (χ4v) is 2.32. The lowest BCUT2D eigenvalue weighted by Crippen LogP contribution is -2.40. The highest BCUT2D eigenvalue weighted by Gasteiger charge is 2.13. The fourth-order valence-electron chi connectivity index (χ4n) is 1.38. The first-order valence-electron chi connectivity index (χ1n) is 5.95. The number of aryl methyl sites for hydroxylation is 1. The zero-order valence-corrected chi connectivity index (χ0v) is 13.2. The molecule has 0 aliphatic rings. The minimum absolute atomic E-state index is 0.107. The Morgan fingerprint density at radius 1 is 1.30 bits per heavy atom. The molecule has 0 atom stereocenters. The number of carbonyl (C=O) groups is 1. The third-order valence-electron chi connectivity index (χ3n) is 2.54. The molecule has 0 saturated heterocycles. The average molecular weight is 320 g/mol. The monoisotopic (exact) mass is 319 g/mol. The van der Waals surface area contributed by atoms with Gasteiger partial charge >= 0.3 is 0 Å². The van der Waals surface area contributed by atoms with E-state index in [0.717, 1.165) is 9.87 Å². The Balaban J connectivity index is 2.49. The molecule has 0 spiro atoms. The summed E-state index contributed by atoms with van der Waals surface area (Å²) in [5.74, 6) is -0.334. The van der Waals surface area contributed by atoms with Gasteiger partial charge in [0.2, 0.25) is 0 Å². The lowest BCUT2D eigenvalue weighted by molar-refractivity contribution is 0.0954. The van der Waals surface area contributed by atoms with Crippen LogP contribution in [-0.2, 0) is 10.2 Å². The molecule has 0 fully saturated rings. The first kappa shape index (κ1) is 16.9. The molecule has 2 N–H and O–H groups in total. The van der Waals surface area contributed by atoms with Crippen LogP contribution in [0, 0.1) is 6.92 Å². The summed E-state index contributed by atoms with van der Waals surface area (Å²) in [7, 11) is -0.621. The topological polar surface area (TPSA) is 78.5 Å². The summed E-state index contributed by atoms with van der Waals surface area (Å²) in [5.41, 5.74) is 1.33. The molecule has 1 amide bonds. The Labute approximate surface area is 124 Å². The van der Waals surface area contributed by atoms with Crippen molar-refractivity contribution in [3.05, 3.63) is 34.3 Å². The Morgan fingerprint density at radius 2 is 1.95 bits per heavy atom. The third-order valence-corrected chi connectivity index (χ3v) is 4.39. The quantitative estimate of drug-likeness (QED) is 0.760. The first-order valence-corrected chi connectivity index (χ1v) is 7.77. The van der Waals surface area contributed by atoms with E-state index in [1.54, 1.807) is 18.2 Å². The van der Waals surface area contributed by atoms with Crippen LogP contribution in [0.2, 0.25) is 5.02 Å². The van der Waals surface area contributed by atoms with Crippen molar-refractivity contribution in [1.82, 2.24) is 14.3 Å². The Hall–Kier alpha value is -1.15. The molecule has 0 heterocycles. The molecule has 0 bridgehead atoms. The molecule has 20 heavy (non-hydrogen) atoms. The molecule has 1 rings (SSSR count). The van der Waals surface area contributed by atoms with Crippen molar-refractivity contribution in [3.63, 3.8) is 0 Å². The maximum absolute atomic E-state index is 11.9. The number of carbonyl (C=O) groups excluding carboxylic acids is 1. The maximum atomic E-state index is 11.9. The van der Waals surface area contributed by atoms with Crippen LogP contribution in [0.4, 0.5) is 0 Å². The van der Waals surface area contributed by atoms with Crippen molar-refractivity contribution >= 4 is 27.7 Å². The molecule has 1 aromatic rings. The average Bonchev–Trinajstić information content (AvgIpc) is 2.34. The predicted octanol–water partition coefficient (Wildman–Crippen LogP) is 0.774. The van der Waals surface area contributed by atoms with E-state index in [2.05, 4.69) is 10.0 Å². The first-order chi connectivity index (χ1) is 9.24. The van der Waals surface area contributed by atoms with Crippen LogP contribution in [0.25, 0.3) is 0 Å². The highest BCUT2D eigenvalue weighted by atomic mass is 35.5. The van der Waals surface area contributed by atoms with E-state index in [0.29, 0.717) is 10.6 Å². The third kappa shape index (κ3) is 4.75. The summed E-state index contributed by atoms with van der Waals surface area (Å²) in [6.45, 7) is 2.16. The van der Waals surface area contributed by atoms with Crippen LogP contribution in [0.1, 0.15) is 15.9 Å². The molecule has 0 radical (unpaired) electrons. The fraction of sp³-hybridized carbons (Fsp3) is 0.417. The van der Waals surface area contributed by atoms with Gasteiger partial charge < -0.3 is 5.32 Å². The van der Waals surface area contributed by atoms with Gasteiger partial charge in [0.25, 0.3) is 16.1 Å². The molecule has 112 valence electrons. The van der Waals surface area contributed by atoms with Gasteiger partial charge in [0.15, 0.2) is 0 Å². The van der Waals surface area contributed by atoms with E-state index in [9.17, 15) is 13.2 Å². The van der Waals surface area contributed by atoms with E-state index < -0.39 is 10.2 Å².